The molecule has 7 nitrogen and oxygen atoms in total. The number of carbonyl (C=O) groups excluding carboxylic acids is 2. The number of rotatable bonds is 8. The lowest BCUT2D eigenvalue weighted by molar-refractivity contribution is -0.143. The molecular weight excluding hydrogens is 514 g/mol. The molecule has 36 heavy (non-hydrogen) atoms. The van der Waals surface area contributed by atoms with E-state index in [1.807, 2.05) is 6.07 Å². The molecule has 0 unspecified atom stereocenters. The molecule has 1 aromatic heterocycles. The second kappa shape index (κ2) is 11.2. The van der Waals surface area contributed by atoms with E-state index in [-0.39, 0.29) is 24.7 Å². The van der Waals surface area contributed by atoms with Gasteiger partial charge in [0.05, 0.1) is 22.5 Å². The molecule has 3 aromatic rings. The number of benzene rings is 2. The van der Waals surface area contributed by atoms with E-state index in [1.54, 1.807) is 18.2 Å². The van der Waals surface area contributed by atoms with Gasteiger partial charge in [0, 0.05) is 22.8 Å². The maximum absolute atomic E-state index is 14.6. The average Bonchev–Trinajstić information content (AvgIpc) is 3.28. The van der Waals surface area contributed by atoms with Crippen LogP contribution < -0.4 is 15.4 Å². The molecule has 0 saturated heterocycles. The van der Waals surface area contributed by atoms with Gasteiger partial charge in [0.25, 0.3) is 11.8 Å². The lowest BCUT2D eigenvalue weighted by atomic mass is 9.87. The molecule has 0 spiro atoms. The van der Waals surface area contributed by atoms with Crippen LogP contribution >= 0.6 is 22.9 Å². The summed E-state index contributed by atoms with van der Waals surface area (Å²) in [4.78, 5) is 36.2. The Kier molecular flexibility index (Phi) is 8.05. The molecule has 0 bridgehead atoms. The fraction of sp³-hybridized carbons (Fsp3) is 0.320. The Bertz CT molecular complexity index is 1310. The average molecular weight is 537 g/mol. The van der Waals surface area contributed by atoms with Crippen LogP contribution in [0.5, 0.6) is 5.75 Å². The van der Waals surface area contributed by atoms with E-state index < -0.39 is 41.1 Å². The zero-order chi connectivity index (χ0) is 25.8. The smallest absolute Gasteiger partial charge is 0.306 e. The van der Waals surface area contributed by atoms with E-state index >= 15 is 0 Å². The van der Waals surface area contributed by atoms with Gasteiger partial charge in [-0.05, 0) is 61.4 Å². The van der Waals surface area contributed by atoms with E-state index in [9.17, 15) is 23.2 Å². The molecule has 1 saturated carbocycles. The third-order valence-electron chi connectivity index (χ3n) is 6.01. The number of thiophene rings is 1. The van der Waals surface area contributed by atoms with Crippen molar-refractivity contribution in [2.45, 2.75) is 31.8 Å². The number of hydrogen-bond acceptors (Lipinski definition) is 5. The highest BCUT2D eigenvalue weighted by molar-refractivity contribution is 7.20. The van der Waals surface area contributed by atoms with Crippen LogP contribution in [-0.2, 0) is 4.79 Å². The van der Waals surface area contributed by atoms with Crippen molar-refractivity contribution in [1.29, 1.82) is 0 Å². The van der Waals surface area contributed by atoms with Crippen LogP contribution in [0, 0.1) is 17.6 Å². The van der Waals surface area contributed by atoms with Crippen molar-refractivity contribution in [1.82, 2.24) is 10.6 Å². The topological polar surface area (TPSA) is 105 Å². The molecule has 1 fully saturated rings. The maximum atomic E-state index is 14.6. The predicted octanol–water partition coefficient (Wildman–Crippen LogP) is 5.01. The number of aliphatic carboxylic acids is 1. The van der Waals surface area contributed by atoms with E-state index in [1.165, 1.54) is 17.4 Å². The first kappa shape index (κ1) is 25.8. The van der Waals surface area contributed by atoms with Crippen molar-refractivity contribution in [2.75, 3.05) is 13.1 Å². The molecule has 190 valence electrons. The SMILES string of the molecule is O=C(NCCNC(=O)c1ccc(OC2CCC(C(=O)O)CC2)c(F)c1F)c1cc2ccc(Cl)cc2s1. The van der Waals surface area contributed by atoms with Crippen molar-refractivity contribution in [3.05, 3.63) is 63.5 Å². The van der Waals surface area contributed by atoms with Crippen molar-refractivity contribution in [2.24, 2.45) is 5.92 Å². The normalized spacial score (nSPS) is 17.5. The van der Waals surface area contributed by atoms with Crippen molar-refractivity contribution in [3.8, 4) is 5.75 Å². The molecule has 2 aromatic carbocycles. The molecule has 1 aliphatic carbocycles. The Morgan fingerprint density at radius 2 is 1.67 bits per heavy atom. The molecule has 1 aliphatic rings. The lowest BCUT2D eigenvalue weighted by Crippen LogP contribution is -2.34. The largest absolute Gasteiger partial charge is 0.487 e. The number of carboxylic acids is 1. The first-order valence-electron chi connectivity index (χ1n) is 11.4. The van der Waals surface area contributed by atoms with Gasteiger partial charge in [-0.1, -0.05) is 17.7 Å². The number of fused-ring (bicyclic) bond motifs is 1. The van der Waals surface area contributed by atoms with E-state index in [2.05, 4.69) is 10.6 Å². The Labute approximate surface area is 214 Å². The fourth-order valence-corrected chi connectivity index (χ4v) is 5.31. The minimum Gasteiger partial charge on any atom is -0.487 e. The van der Waals surface area contributed by atoms with Gasteiger partial charge in [-0.3, -0.25) is 14.4 Å². The molecule has 0 radical (unpaired) electrons. The summed E-state index contributed by atoms with van der Waals surface area (Å²) in [5.74, 6) is -5.40. The quantitative estimate of drug-likeness (QED) is 0.351. The van der Waals surface area contributed by atoms with Crippen LogP contribution in [0.1, 0.15) is 45.7 Å². The van der Waals surface area contributed by atoms with Gasteiger partial charge in [-0.15, -0.1) is 11.3 Å². The van der Waals surface area contributed by atoms with Crippen LogP contribution in [0.3, 0.4) is 0 Å². The highest BCUT2D eigenvalue weighted by Gasteiger charge is 2.28. The molecule has 2 amide bonds. The fourth-order valence-electron chi connectivity index (χ4n) is 4.06. The van der Waals surface area contributed by atoms with Crippen molar-refractivity contribution < 1.29 is 33.0 Å². The number of ether oxygens (including phenoxy) is 1. The molecular formula is C25H23ClF2N2O5S. The van der Waals surface area contributed by atoms with Crippen LogP contribution in [0.4, 0.5) is 8.78 Å². The van der Waals surface area contributed by atoms with Crippen LogP contribution in [0.15, 0.2) is 36.4 Å². The minimum atomic E-state index is -1.34. The summed E-state index contributed by atoms with van der Waals surface area (Å²) in [6.45, 7) is 0.0946. The van der Waals surface area contributed by atoms with E-state index in [0.29, 0.717) is 35.6 Å². The van der Waals surface area contributed by atoms with E-state index in [4.69, 9.17) is 21.4 Å². The monoisotopic (exact) mass is 536 g/mol. The number of halogens is 3. The highest BCUT2D eigenvalue weighted by atomic mass is 35.5. The summed E-state index contributed by atoms with van der Waals surface area (Å²) in [6.07, 6.45) is 1.22. The van der Waals surface area contributed by atoms with Crippen LogP contribution in [0.2, 0.25) is 5.02 Å². The third-order valence-corrected chi connectivity index (χ3v) is 7.34. The Balaban J connectivity index is 1.27. The Hall–Kier alpha value is -3.24. The van der Waals surface area contributed by atoms with Gasteiger partial charge >= 0.3 is 5.97 Å². The lowest BCUT2D eigenvalue weighted by Gasteiger charge is -2.27. The summed E-state index contributed by atoms with van der Waals surface area (Å²) in [5.41, 5.74) is -0.484. The summed E-state index contributed by atoms with van der Waals surface area (Å²) >= 11 is 7.25. The number of nitrogens with one attached hydrogen (secondary N) is 2. The van der Waals surface area contributed by atoms with Crippen molar-refractivity contribution >= 4 is 50.8 Å². The summed E-state index contributed by atoms with van der Waals surface area (Å²) in [7, 11) is 0. The van der Waals surface area contributed by atoms with E-state index in [0.717, 1.165) is 16.2 Å². The number of carbonyl (C=O) groups is 3. The van der Waals surface area contributed by atoms with Crippen LogP contribution in [-0.4, -0.2) is 42.1 Å². The van der Waals surface area contributed by atoms with Gasteiger partial charge in [-0.25, -0.2) is 4.39 Å². The first-order valence-corrected chi connectivity index (χ1v) is 12.6. The molecule has 4 rings (SSSR count). The van der Waals surface area contributed by atoms with Gasteiger partial charge in [0.1, 0.15) is 0 Å². The van der Waals surface area contributed by atoms with Gasteiger partial charge in [0.15, 0.2) is 11.6 Å². The zero-order valence-electron chi connectivity index (χ0n) is 19.0. The van der Waals surface area contributed by atoms with Gasteiger partial charge < -0.3 is 20.5 Å². The molecule has 0 aliphatic heterocycles. The Morgan fingerprint density at radius 3 is 2.36 bits per heavy atom. The third kappa shape index (κ3) is 5.93. The number of hydrogen-bond donors (Lipinski definition) is 3. The predicted molar refractivity (Wildman–Crippen MR) is 132 cm³/mol. The molecule has 0 atom stereocenters. The maximum Gasteiger partial charge on any atom is 0.306 e. The molecule has 1 heterocycles. The molecule has 3 N–H and O–H groups in total. The highest BCUT2D eigenvalue weighted by Crippen LogP contribution is 2.31. The second-order valence-corrected chi connectivity index (χ2v) is 9.99. The Morgan fingerprint density at radius 1 is 0.972 bits per heavy atom. The number of carboxylic acid groups (broad SMARTS) is 1. The summed E-state index contributed by atoms with van der Waals surface area (Å²) in [6, 6.07) is 9.38. The van der Waals surface area contributed by atoms with Gasteiger partial charge in [0.2, 0.25) is 5.82 Å². The standard InChI is InChI=1S/C25H23ClF2N2O5S/c26-15-4-1-14-11-20(36-19(14)12-15)24(32)30-10-9-29-23(31)17-7-8-18(22(28)21(17)27)35-16-5-2-13(3-6-16)25(33)34/h1,4,7-8,11-13,16H,2-3,5-6,9-10H2,(H,29,31)(H,30,32)(H,33,34). The van der Waals surface area contributed by atoms with Crippen LogP contribution in [0.25, 0.3) is 10.1 Å². The molecule has 11 heteroatoms. The second-order valence-electron chi connectivity index (χ2n) is 8.47. The first-order chi connectivity index (χ1) is 17.2. The summed E-state index contributed by atoms with van der Waals surface area (Å²) < 4.78 is 35.5. The zero-order valence-corrected chi connectivity index (χ0v) is 20.6. The summed E-state index contributed by atoms with van der Waals surface area (Å²) in [5, 5.41) is 15.6. The number of amides is 2. The van der Waals surface area contributed by atoms with Crippen molar-refractivity contribution in [3.63, 3.8) is 0 Å². The minimum absolute atomic E-state index is 0.00737. The van der Waals surface area contributed by atoms with Gasteiger partial charge in [-0.2, -0.15) is 4.39 Å².